The van der Waals surface area contributed by atoms with E-state index in [4.69, 9.17) is 4.42 Å². The minimum atomic E-state index is -1.45. The van der Waals surface area contributed by atoms with E-state index in [1.165, 1.54) is 38.3 Å². The molecule has 0 fully saturated rings. The molecule has 2 amide bonds. The van der Waals surface area contributed by atoms with Crippen molar-refractivity contribution < 1.29 is 23.5 Å². The minimum absolute atomic E-state index is 0.211. The third-order valence-electron chi connectivity index (χ3n) is 3.37. The number of furan rings is 1. The zero-order valence-corrected chi connectivity index (χ0v) is 12.7. The lowest BCUT2D eigenvalue weighted by molar-refractivity contribution is -0.136. The molecule has 7 heteroatoms. The summed E-state index contributed by atoms with van der Waals surface area (Å²) in [5.41, 5.74) is -1.01. The molecule has 0 spiro atoms. The van der Waals surface area contributed by atoms with Crippen molar-refractivity contribution in [2.24, 2.45) is 0 Å². The van der Waals surface area contributed by atoms with Crippen molar-refractivity contribution in [2.45, 2.75) is 19.4 Å². The lowest BCUT2D eigenvalue weighted by Gasteiger charge is -2.20. The van der Waals surface area contributed by atoms with Crippen LogP contribution in [-0.4, -0.2) is 23.5 Å². The van der Waals surface area contributed by atoms with Gasteiger partial charge in [-0.05, 0) is 38.1 Å². The van der Waals surface area contributed by atoms with Crippen LogP contribution >= 0.6 is 0 Å². The van der Waals surface area contributed by atoms with Crippen LogP contribution in [0.4, 0.5) is 10.1 Å². The molecule has 0 aliphatic rings. The number of aliphatic hydroxyl groups is 1. The second kappa shape index (κ2) is 6.62. The van der Waals surface area contributed by atoms with Gasteiger partial charge in [0.1, 0.15) is 17.2 Å². The smallest absolute Gasteiger partial charge is 0.313 e. The first kappa shape index (κ1) is 16.7. The largest absolute Gasteiger partial charge is 0.466 e. The standard InChI is InChI=1S/C16H17FN2O4/c1-10-11(17)5-3-6-12(10)19-15(21)14(20)18-9-16(2,22)13-7-4-8-23-13/h3-8,22H,9H2,1-2H3,(H,18,20)(H,19,21). The molecule has 2 rings (SSSR count). The quantitative estimate of drug-likeness (QED) is 0.748. The first-order valence-corrected chi connectivity index (χ1v) is 6.92. The van der Waals surface area contributed by atoms with Crippen molar-refractivity contribution in [3.8, 4) is 0 Å². The van der Waals surface area contributed by atoms with E-state index >= 15 is 0 Å². The summed E-state index contributed by atoms with van der Waals surface area (Å²) in [4.78, 5) is 23.6. The maximum Gasteiger partial charge on any atom is 0.313 e. The number of hydrogen-bond donors (Lipinski definition) is 3. The number of carbonyl (C=O) groups is 2. The van der Waals surface area contributed by atoms with Gasteiger partial charge >= 0.3 is 11.8 Å². The molecular weight excluding hydrogens is 303 g/mol. The number of benzene rings is 1. The molecule has 0 saturated heterocycles. The van der Waals surface area contributed by atoms with E-state index in [-0.39, 0.29) is 23.6 Å². The number of carbonyl (C=O) groups excluding carboxylic acids is 2. The van der Waals surface area contributed by atoms with E-state index < -0.39 is 23.2 Å². The molecule has 3 N–H and O–H groups in total. The molecule has 1 aromatic heterocycles. The average Bonchev–Trinajstić information content (AvgIpc) is 3.04. The highest BCUT2D eigenvalue weighted by atomic mass is 19.1. The van der Waals surface area contributed by atoms with Gasteiger partial charge in [0.2, 0.25) is 0 Å². The van der Waals surface area contributed by atoms with E-state index in [9.17, 15) is 19.1 Å². The van der Waals surface area contributed by atoms with Crippen LogP contribution in [0.3, 0.4) is 0 Å². The number of hydrogen-bond acceptors (Lipinski definition) is 4. The number of nitrogens with one attached hydrogen (secondary N) is 2. The first-order valence-electron chi connectivity index (χ1n) is 6.92. The highest BCUT2D eigenvalue weighted by molar-refractivity contribution is 6.39. The first-order chi connectivity index (χ1) is 10.8. The van der Waals surface area contributed by atoms with E-state index in [1.807, 2.05) is 0 Å². The van der Waals surface area contributed by atoms with Gasteiger partial charge in [0.25, 0.3) is 0 Å². The zero-order chi connectivity index (χ0) is 17.0. The molecule has 1 unspecified atom stereocenters. The predicted octanol–water partition coefficient (Wildman–Crippen LogP) is 1.69. The van der Waals surface area contributed by atoms with Gasteiger partial charge in [-0.2, -0.15) is 0 Å². The third-order valence-corrected chi connectivity index (χ3v) is 3.37. The fourth-order valence-electron chi connectivity index (χ4n) is 1.93. The predicted molar refractivity (Wildman–Crippen MR) is 81.1 cm³/mol. The maximum absolute atomic E-state index is 13.4. The van der Waals surface area contributed by atoms with Crippen molar-refractivity contribution in [1.82, 2.24) is 5.32 Å². The fraction of sp³-hybridized carbons (Fsp3) is 0.250. The molecule has 0 saturated carbocycles. The Labute approximate surface area is 132 Å². The zero-order valence-electron chi connectivity index (χ0n) is 12.7. The monoisotopic (exact) mass is 320 g/mol. The van der Waals surface area contributed by atoms with Gasteiger partial charge in [-0.25, -0.2) is 4.39 Å². The molecule has 0 aliphatic carbocycles. The molecule has 122 valence electrons. The van der Waals surface area contributed by atoms with E-state index in [0.717, 1.165) is 0 Å². The van der Waals surface area contributed by atoms with Crippen molar-refractivity contribution in [1.29, 1.82) is 0 Å². The summed E-state index contributed by atoms with van der Waals surface area (Å²) >= 11 is 0. The normalized spacial score (nSPS) is 13.2. The number of halogens is 1. The lowest BCUT2D eigenvalue weighted by atomic mass is 10.0. The van der Waals surface area contributed by atoms with Crippen LogP contribution in [0.15, 0.2) is 41.0 Å². The minimum Gasteiger partial charge on any atom is -0.466 e. The maximum atomic E-state index is 13.4. The number of amides is 2. The summed E-state index contributed by atoms with van der Waals surface area (Å²) in [5.74, 6) is -2.11. The Hall–Kier alpha value is -2.67. The Morgan fingerprint density at radius 2 is 2.00 bits per heavy atom. The molecule has 1 heterocycles. The van der Waals surface area contributed by atoms with E-state index in [0.29, 0.717) is 0 Å². The summed E-state index contributed by atoms with van der Waals surface area (Å²) < 4.78 is 18.5. The molecule has 1 atom stereocenters. The second-order valence-electron chi connectivity index (χ2n) is 5.30. The van der Waals surface area contributed by atoms with Crippen LogP contribution in [0.1, 0.15) is 18.2 Å². The molecule has 23 heavy (non-hydrogen) atoms. The highest BCUT2D eigenvalue weighted by Gasteiger charge is 2.28. The molecule has 0 bridgehead atoms. The second-order valence-corrected chi connectivity index (χ2v) is 5.30. The molecule has 0 aliphatic heterocycles. The summed E-state index contributed by atoms with van der Waals surface area (Å²) in [7, 11) is 0. The summed E-state index contributed by atoms with van der Waals surface area (Å²) in [6, 6.07) is 7.33. The SMILES string of the molecule is Cc1c(F)cccc1NC(=O)C(=O)NCC(C)(O)c1ccco1. The fourth-order valence-corrected chi connectivity index (χ4v) is 1.93. The topological polar surface area (TPSA) is 91.6 Å². The number of anilines is 1. The Morgan fingerprint density at radius 1 is 1.26 bits per heavy atom. The summed E-state index contributed by atoms with van der Waals surface area (Å²) in [5, 5.41) is 14.8. The third kappa shape index (κ3) is 3.95. The highest BCUT2D eigenvalue weighted by Crippen LogP contribution is 2.20. The molecular formula is C16H17FN2O4. The Morgan fingerprint density at radius 3 is 2.65 bits per heavy atom. The van der Waals surface area contributed by atoms with Gasteiger partial charge in [-0.15, -0.1) is 0 Å². The van der Waals surface area contributed by atoms with E-state index in [2.05, 4.69) is 10.6 Å². The Balaban J connectivity index is 1.95. The molecule has 6 nitrogen and oxygen atoms in total. The van der Waals surface area contributed by atoms with Gasteiger partial charge in [0, 0.05) is 11.3 Å². The van der Waals surface area contributed by atoms with Crippen LogP contribution in [0.2, 0.25) is 0 Å². The van der Waals surface area contributed by atoms with Crippen molar-refractivity contribution in [3.05, 3.63) is 53.7 Å². The Kier molecular flexibility index (Phi) is 4.80. The molecule has 2 aromatic rings. The van der Waals surface area contributed by atoms with Crippen molar-refractivity contribution >= 4 is 17.5 Å². The van der Waals surface area contributed by atoms with Crippen LogP contribution in [0, 0.1) is 12.7 Å². The van der Waals surface area contributed by atoms with Crippen LogP contribution in [-0.2, 0) is 15.2 Å². The van der Waals surface area contributed by atoms with Gasteiger partial charge in [-0.3, -0.25) is 9.59 Å². The summed E-state index contributed by atoms with van der Waals surface area (Å²) in [6.45, 7) is 2.72. The van der Waals surface area contributed by atoms with Gasteiger partial charge in [0.15, 0.2) is 0 Å². The number of rotatable bonds is 4. The lowest BCUT2D eigenvalue weighted by Crippen LogP contribution is -2.43. The van der Waals surface area contributed by atoms with Crippen molar-refractivity contribution in [2.75, 3.05) is 11.9 Å². The summed E-state index contributed by atoms with van der Waals surface area (Å²) in [6.07, 6.45) is 1.39. The molecule has 1 aromatic carbocycles. The van der Waals surface area contributed by atoms with Crippen LogP contribution < -0.4 is 10.6 Å². The van der Waals surface area contributed by atoms with Crippen LogP contribution in [0.5, 0.6) is 0 Å². The van der Waals surface area contributed by atoms with E-state index in [1.54, 1.807) is 12.1 Å². The van der Waals surface area contributed by atoms with Crippen LogP contribution in [0.25, 0.3) is 0 Å². The average molecular weight is 320 g/mol. The Bertz CT molecular complexity index is 711. The molecule has 0 radical (unpaired) electrons. The van der Waals surface area contributed by atoms with Gasteiger partial charge < -0.3 is 20.2 Å². The van der Waals surface area contributed by atoms with Crippen molar-refractivity contribution in [3.63, 3.8) is 0 Å². The van der Waals surface area contributed by atoms with Gasteiger partial charge in [-0.1, -0.05) is 6.07 Å². The van der Waals surface area contributed by atoms with Gasteiger partial charge in [0.05, 0.1) is 12.8 Å².